The van der Waals surface area contributed by atoms with Crippen LogP contribution in [0.4, 0.5) is 0 Å². The molecule has 0 heterocycles. The van der Waals surface area contributed by atoms with Gasteiger partial charge < -0.3 is 0 Å². The quantitative estimate of drug-likeness (QED) is 0.567. The van der Waals surface area contributed by atoms with Crippen molar-refractivity contribution in [3.63, 3.8) is 0 Å². The van der Waals surface area contributed by atoms with E-state index >= 15 is 0 Å². The van der Waals surface area contributed by atoms with Crippen LogP contribution < -0.4 is 0 Å². The van der Waals surface area contributed by atoms with Gasteiger partial charge in [0.2, 0.25) is 0 Å². The molecule has 0 fully saturated rings. The van der Waals surface area contributed by atoms with E-state index in [4.69, 9.17) is 0 Å². The summed E-state index contributed by atoms with van der Waals surface area (Å²) in [5.41, 5.74) is 0. The van der Waals surface area contributed by atoms with Crippen LogP contribution in [0.3, 0.4) is 0 Å². The first-order valence-electron chi connectivity index (χ1n) is 5.09. The van der Waals surface area contributed by atoms with Crippen LogP contribution in [0.15, 0.2) is 0 Å². The normalized spacial score (nSPS) is 12.3. The molecule has 0 aliphatic rings. The monoisotopic (exact) mass is 158 g/mol. The minimum Gasteiger partial charge on any atom is -0.0654 e. The zero-order valence-corrected chi connectivity index (χ0v) is 9.28. The molecule has 0 saturated carbocycles. The minimum absolute atomic E-state index is 0.866. The van der Waals surface area contributed by atoms with Crippen LogP contribution in [-0.2, 0) is 0 Å². The lowest BCUT2D eigenvalue weighted by atomic mass is 9.96. The number of unbranched alkanes of at least 4 members (excludes halogenated alkanes) is 1. The van der Waals surface area contributed by atoms with E-state index in [2.05, 4.69) is 41.5 Å². The van der Waals surface area contributed by atoms with Crippen molar-refractivity contribution in [3.05, 3.63) is 0 Å². The molecule has 0 N–H and O–H groups in total. The van der Waals surface area contributed by atoms with Gasteiger partial charge in [-0.1, -0.05) is 60.8 Å². The Balaban J connectivity index is 0. The lowest BCUT2D eigenvalue weighted by Gasteiger charge is -2.10. The summed E-state index contributed by atoms with van der Waals surface area (Å²) in [4.78, 5) is 0. The van der Waals surface area contributed by atoms with E-state index in [1.165, 1.54) is 19.3 Å². The van der Waals surface area contributed by atoms with E-state index in [1.54, 1.807) is 0 Å². The Morgan fingerprint density at radius 1 is 0.818 bits per heavy atom. The summed E-state index contributed by atoms with van der Waals surface area (Å²) in [6.07, 6.45) is 3.96. The lowest BCUT2D eigenvalue weighted by molar-refractivity contribution is 0.407. The first kappa shape index (κ1) is 13.6. The average Bonchev–Trinajstić information content (AvgIpc) is 2.03. The summed E-state index contributed by atoms with van der Waals surface area (Å²) < 4.78 is 0. The molecular formula is C11H26. The molecule has 0 aliphatic heterocycles. The fourth-order valence-electron chi connectivity index (χ4n) is 0.471. The molecule has 0 saturated heterocycles. The minimum atomic E-state index is 0.866. The Labute approximate surface area is 73.4 Å². The molecular weight excluding hydrogens is 132 g/mol. The van der Waals surface area contributed by atoms with Crippen molar-refractivity contribution in [1.82, 2.24) is 0 Å². The number of rotatable bonds is 3. The fourth-order valence-corrected chi connectivity index (χ4v) is 0.471. The molecule has 0 aromatic rings. The van der Waals surface area contributed by atoms with Gasteiger partial charge in [0, 0.05) is 0 Å². The molecule has 1 atom stereocenters. The second-order valence-corrected chi connectivity index (χ2v) is 3.63. The summed E-state index contributed by atoms with van der Waals surface area (Å²) in [6, 6.07) is 0. The van der Waals surface area contributed by atoms with Gasteiger partial charge in [-0.3, -0.25) is 0 Å². The van der Waals surface area contributed by atoms with Gasteiger partial charge in [0.15, 0.2) is 0 Å². The van der Waals surface area contributed by atoms with Crippen molar-refractivity contribution < 1.29 is 0 Å². The Hall–Kier alpha value is 0. The predicted octanol–water partition coefficient (Wildman–Crippen LogP) is 4.49. The van der Waals surface area contributed by atoms with E-state index in [0.29, 0.717) is 0 Å². The zero-order valence-electron chi connectivity index (χ0n) is 9.28. The van der Waals surface area contributed by atoms with Crippen molar-refractivity contribution in [1.29, 1.82) is 0 Å². The topological polar surface area (TPSA) is 0 Å². The smallest absolute Gasteiger partial charge is 0.0422 e. The van der Waals surface area contributed by atoms with E-state index < -0.39 is 0 Å². The third kappa shape index (κ3) is 13.1. The van der Waals surface area contributed by atoms with Crippen molar-refractivity contribution >= 4 is 0 Å². The highest BCUT2D eigenvalue weighted by molar-refractivity contribution is 4.52. The fraction of sp³-hybridized carbons (Fsp3) is 1.00. The van der Waals surface area contributed by atoms with Gasteiger partial charge in [-0.15, -0.1) is 0 Å². The van der Waals surface area contributed by atoms with Gasteiger partial charge in [0.05, 0.1) is 0 Å². The third-order valence-corrected chi connectivity index (χ3v) is 2.28. The lowest BCUT2D eigenvalue weighted by Crippen LogP contribution is -2.00. The summed E-state index contributed by atoms with van der Waals surface area (Å²) >= 11 is 0. The summed E-state index contributed by atoms with van der Waals surface area (Å²) in [7, 11) is 0. The van der Waals surface area contributed by atoms with Gasteiger partial charge in [-0.05, 0) is 11.8 Å². The van der Waals surface area contributed by atoms with Gasteiger partial charge in [0.25, 0.3) is 0 Å². The molecule has 0 aromatic carbocycles. The van der Waals surface area contributed by atoms with E-state index in [9.17, 15) is 0 Å². The molecule has 0 spiro atoms. The SMILES string of the molecule is CCC(C)C(C)C.CCCC. The molecule has 0 aromatic heterocycles. The Bertz CT molecular complexity index is 53.1. The molecule has 11 heavy (non-hydrogen) atoms. The maximum absolute atomic E-state index is 2.30. The first-order chi connectivity index (χ1) is 5.09. The van der Waals surface area contributed by atoms with Crippen molar-refractivity contribution in [2.75, 3.05) is 0 Å². The summed E-state index contributed by atoms with van der Waals surface area (Å²) in [6.45, 7) is 13.4. The zero-order chi connectivity index (χ0) is 9.28. The molecule has 0 bridgehead atoms. The molecule has 0 aliphatic carbocycles. The van der Waals surface area contributed by atoms with E-state index in [0.717, 1.165) is 11.8 Å². The average molecular weight is 158 g/mol. The van der Waals surface area contributed by atoms with Crippen LogP contribution in [0, 0.1) is 11.8 Å². The van der Waals surface area contributed by atoms with Crippen LogP contribution in [0.2, 0.25) is 0 Å². The Morgan fingerprint density at radius 3 is 1.18 bits per heavy atom. The van der Waals surface area contributed by atoms with Crippen LogP contribution in [0.1, 0.15) is 60.8 Å². The first-order valence-corrected chi connectivity index (χ1v) is 5.09. The van der Waals surface area contributed by atoms with Gasteiger partial charge in [-0.2, -0.15) is 0 Å². The Kier molecular flexibility index (Phi) is 12.3. The highest BCUT2D eigenvalue weighted by atomic mass is 14.1. The summed E-state index contributed by atoms with van der Waals surface area (Å²) in [5.74, 6) is 1.77. The maximum atomic E-state index is 2.30. The van der Waals surface area contributed by atoms with E-state index in [-0.39, 0.29) is 0 Å². The van der Waals surface area contributed by atoms with Crippen LogP contribution >= 0.6 is 0 Å². The number of hydrogen-bond acceptors (Lipinski definition) is 0. The van der Waals surface area contributed by atoms with Crippen molar-refractivity contribution in [2.45, 2.75) is 60.8 Å². The van der Waals surface area contributed by atoms with Crippen LogP contribution in [0.25, 0.3) is 0 Å². The highest BCUT2D eigenvalue weighted by Gasteiger charge is 2.01. The van der Waals surface area contributed by atoms with Crippen molar-refractivity contribution in [3.8, 4) is 0 Å². The van der Waals surface area contributed by atoms with E-state index in [1.807, 2.05) is 0 Å². The molecule has 0 rings (SSSR count). The molecule has 0 amide bonds. The second kappa shape index (κ2) is 10.0. The molecule has 1 unspecified atom stereocenters. The van der Waals surface area contributed by atoms with Gasteiger partial charge in [-0.25, -0.2) is 0 Å². The molecule has 70 valence electrons. The summed E-state index contributed by atoms with van der Waals surface area (Å²) in [5, 5.41) is 0. The third-order valence-electron chi connectivity index (χ3n) is 2.28. The predicted molar refractivity (Wildman–Crippen MR) is 54.9 cm³/mol. The van der Waals surface area contributed by atoms with Crippen molar-refractivity contribution in [2.24, 2.45) is 11.8 Å². The van der Waals surface area contributed by atoms with Crippen LogP contribution in [0.5, 0.6) is 0 Å². The molecule has 0 heteroatoms. The van der Waals surface area contributed by atoms with Gasteiger partial charge >= 0.3 is 0 Å². The second-order valence-electron chi connectivity index (χ2n) is 3.63. The standard InChI is InChI=1S/C7H16.C4H10/c1-5-7(4)6(2)3;1-3-4-2/h6-7H,5H2,1-4H3;3-4H2,1-2H3. The highest BCUT2D eigenvalue weighted by Crippen LogP contribution is 2.11. The molecule has 0 nitrogen and oxygen atoms in total. The maximum Gasteiger partial charge on any atom is -0.0422 e. The number of hydrogen-bond donors (Lipinski definition) is 0. The largest absolute Gasteiger partial charge is 0.0654 e. The van der Waals surface area contributed by atoms with Crippen LogP contribution in [-0.4, -0.2) is 0 Å². The Morgan fingerprint density at radius 2 is 1.18 bits per heavy atom. The molecule has 0 radical (unpaired) electrons. The van der Waals surface area contributed by atoms with Gasteiger partial charge in [0.1, 0.15) is 0 Å².